The SMILES string of the molecule is Cn1nc(C(F)(F)F)c(CSc2ncc(C(=O)C(F)(F)F)s2)c1OCC(F)(F)F. The van der Waals surface area contributed by atoms with Gasteiger partial charge in [-0.25, -0.2) is 9.67 Å². The Hall–Kier alpha value is -1.97. The highest BCUT2D eigenvalue weighted by Crippen LogP contribution is 2.40. The molecule has 16 heteroatoms. The van der Waals surface area contributed by atoms with Crippen molar-refractivity contribution in [2.45, 2.75) is 28.6 Å². The van der Waals surface area contributed by atoms with Crippen molar-refractivity contribution in [2.75, 3.05) is 6.61 Å². The van der Waals surface area contributed by atoms with Crippen molar-refractivity contribution < 1.29 is 49.0 Å². The first-order valence-corrected chi connectivity index (χ1v) is 8.92. The van der Waals surface area contributed by atoms with Crippen molar-refractivity contribution in [1.82, 2.24) is 14.8 Å². The van der Waals surface area contributed by atoms with Gasteiger partial charge in [-0.15, -0.1) is 11.3 Å². The summed E-state index contributed by atoms with van der Waals surface area (Å²) in [5, 5.41) is 3.13. The molecule has 0 radical (unpaired) electrons. The summed E-state index contributed by atoms with van der Waals surface area (Å²) in [7, 11) is 0.943. The Morgan fingerprint density at radius 3 is 2.31 bits per heavy atom. The Kier molecular flexibility index (Phi) is 6.46. The lowest BCUT2D eigenvalue weighted by atomic mass is 10.2. The third-order valence-electron chi connectivity index (χ3n) is 3.03. The van der Waals surface area contributed by atoms with Crippen LogP contribution in [0.4, 0.5) is 39.5 Å². The van der Waals surface area contributed by atoms with Crippen molar-refractivity contribution in [3.63, 3.8) is 0 Å². The van der Waals surface area contributed by atoms with Gasteiger partial charge in [0.15, 0.2) is 16.6 Å². The van der Waals surface area contributed by atoms with Crippen molar-refractivity contribution >= 4 is 28.9 Å². The van der Waals surface area contributed by atoms with Gasteiger partial charge < -0.3 is 4.74 Å². The maximum atomic E-state index is 13.1. The summed E-state index contributed by atoms with van der Waals surface area (Å²) >= 11 is 0.771. The van der Waals surface area contributed by atoms with Crippen LogP contribution in [0.15, 0.2) is 10.5 Å². The number of carbonyl (C=O) groups is 1. The third-order valence-corrected chi connectivity index (χ3v) is 5.21. The molecule has 2 heterocycles. The molecule has 162 valence electrons. The molecule has 0 saturated heterocycles. The third kappa shape index (κ3) is 6.01. The van der Waals surface area contributed by atoms with E-state index >= 15 is 0 Å². The predicted molar refractivity (Wildman–Crippen MR) is 81.8 cm³/mol. The number of carbonyl (C=O) groups excluding carboxylic acids is 1. The molecular weight excluding hydrogens is 465 g/mol. The maximum absolute atomic E-state index is 13.1. The summed E-state index contributed by atoms with van der Waals surface area (Å²) < 4.78 is 118. The number of thiazole rings is 1. The van der Waals surface area contributed by atoms with Gasteiger partial charge in [0, 0.05) is 12.8 Å². The minimum Gasteiger partial charge on any atom is -0.468 e. The van der Waals surface area contributed by atoms with Crippen LogP contribution in [-0.4, -0.2) is 39.5 Å². The zero-order valence-electron chi connectivity index (χ0n) is 13.9. The number of ketones is 1. The van der Waals surface area contributed by atoms with Gasteiger partial charge in [-0.1, -0.05) is 11.8 Å². The van der Waals surface area contributed by atoms with Crippen LogP contribution >= 0.6 is 23.1 Å². The Morgan fingerprint density at radius 1 is 1.17 bits per heavy atom. The quantitative estimate of drug-likeness (QED) is 0.340. The van der Waals surface area contributed by atoms with Crippen LogP contribution in [0.1, 0.15) is 20.9 Å². The number of nitrogens with zero attached hydrogens (tertiary/aromatic N) is 3. The summed E-state index contributed by atoms with van der Waals surface area (Å²) in [6, 6.07) is 0. The highest BCUT2D eigenvalue weighted by molar-refractivity contribution is 8.00. The van der Waals surface area contributed by atoms with Crippen molar-refractivity contribution in [3.8, 4) is 5.88 Å². The van der Waals surface area contributed by atoms with E-state index in [9.17, 15) is 44.3 Å². The first kappa shape index (κ1) is 23.3. The Balaban J connectivity index is 2.27. The fourth-order valence-corrected chi connectivity index (χ4v) is 3.89. The molecule has 0 bridgehead atoms. The topological polar surface area (TPSA) is 57.0 Å². The Bertz CT molecular complexity index is 884. The van der Waals surface area contributed by atoms with Crippen LogP contribution in [-0.2, 0) is 19.0 Å². The smallest absolute Gasteiger partial charge is 0.455 e. The molecule has 0 aromatic carbocycles. The second-order valence-electron chi connectivity index (χ2n) is 5.26. The second kappa shape index (κ2) is 8.04. The number of thioether (sulfide) groups is 1. The summed E-state index contributed by atoms with van der Waals surface area (Å²) in [6.45, 7) is -1.87. The number of hydrogen-bond donors (Lipinski definition) is 0. The zero-order chi connectivity index (χ0) is 22.2. The van der Waals surface area contributed by atoms with E-state index in [1.165, 1.54) is 0 Å². The average molecular weight is 473 g/mol. The van der Waals surface area contributed by atoms with E-state index in [0.29, 0.717) is 22.6 Å². The molecule has 2 aromatic heterocycles. The first-order chi connectivity index (χ1) is 13.1. The summed E-state index contributed by atoms with van der Waals surface area (Å²) in [4.78, 5) is 13.9. The van der Waals surface area contributed by atoms with Crippen LogP contribution in [0.5, 0.6) is 5.88 Å². The van der Waals surface area contributed by atoms with Gasteiger partial charge in [-0.2, -0.15) is 44.6 Å². The van der Waals surface area contributed by atoms with E-state index in [-0.39, 0.29) is 15.7 Å². The van der Waals surface area contributed by atoms with E-state index in [2.05, 4.69) is 14.8 Å². The van der Waals surface area contributed by atoms with Crippen LogP contribution in [0.3, 0.4) is 0 Å². The monoisotopic (exact) mass is 473 g/mol. The lowest BCUT2D eigenvalue weighted by molar-refractivity contribution is -0.154. The minimum atomic E-state index is -5.15. The van der Waals surface area contributed by atoms with Gasteiger partial charge in [0.05, 0.1) is 11.8 Å². The highest BCUT2D eigenvalue weighted by atomic mass is 32.2. The fourth-order valence-electron chi connectivity index (χ4n) is 1.94. The van der Waals surface area contributed by atoms with Crippen molar-refractivity contribution in [2.24, 2.45) is 7.05 Å². The lowest BCUT2D eigenvalue weighted by Gasteiger charge is -2.11. The lowest BCUT2D eigenvalue weighted by Crippen LogP contribution is -2.21. The average Bonchev–Trinajstić information content (AvgIpc) is 3.12. The van der Waals surface area contributed by atoms with Gasteiger partial charge in [0.1, 0.15) is 4.88 Å². The second-order valence-corrected chi connectivity index (χ2v) is 7.52. The van der Waals surface area contributed by atoms with Crippen LogP contribution in [0, 0.1) is 0 Å². The molecular formula is C13H8F9N3O2S2. The number of ether oxygens (including phenoxy) is 1. The zero-order valence-corrected chi connectivity index (χ0v) is 15.5. The number of aryl methyl sites for hydroxylation is 1. The first-order valence-electron chi connectivity index (χ1n) is 7.12. The molecule has 0 fully saturated rings. The number of Topliss-reactive ketones (excluding diaryl/α,β-unsaturated/α-hetero) is 1. The fraction of sp³-hybridized carbons (Fsp3) is 0.462. The number of halogens is 9. The summed E-state index contributed by atoms with van der Waals surface area (Å²) in [5.74, 6) is -3.64. The normalized spacial score (nSPS) is 13.0. The minimum absolute atomic E-state index is 0.198. The molecule has 0 aliphatic rings. The molecule has 5 nitrogen and oxygen atoms in total. The molecule has 0 aliphatic heterocycles. The Morgan fingerprint density at radius 2 is 1.79 bits per heavy atom. The number of hydrogen-bond acceptors (Lipinski definition) is 6. The van der Waals surface area contributed by atoms with Gasteiger partial charge in [-0.05, 0) is 0 Å². The molecule has 29 heavy (non-hydrogen) atoms. The van der Waals surface area contributed by atoms with Crippen LogP contribution in [0.2, 0.25) is 0 Å². The number of aromatic nitrogens is 3. The molecule has 0 N–H and O–H groups in total. The number of rotatable bonds is 6. The molecule has 2 rings (SSSR count). The predicted octanol–water partition coefficient (Wildman–Crippen LogP) is 4.87. The van der Waals surface area contributed by atoms with Crippen LogP contribution < -0.4 is 4.74 Å². The van der Waals surface area contributed by atoms with E-state index in [1.54, 1.807) is 0 Å². The van der Waals surface area contributed by atoms with E-state index in [4.69, 9.17) is 0 Å². The van der Waals surface area contributed by atoms with Crippen molar-refractivity contribution in [1.29, 1.82) is 0 Å². The highest BCUT2D eigenvalue weighted by Gasteiger charge is 2.42. The molecule has 0 unspecified atom stereocenters. The Labute approximate surface area is 163 Å². The molecule has 2 aromatic rings. The van der Waals surface area contributed by atoms with Gasteiger partial charge in [-0.3, -0.25) is 4.79 Å². The molecule has 0 saturated carbocycles. The largest absolute Gasteiger partial charge is 0.468 e. The molecule has 0 amide bonds. The van der Waals surface area contributed by atoms with Gasteiger partial charge >= 0.3 is 18.5 Å². The molecule has 0 spiro atoms. The number of alkyl halides is 9. The van der Waals surface area contributed by atoms with E-state index in [0.717, 1.165) is 7.05 Å². The van der Waals surface area contributed by atoms with Crippen LogP contribution in [0.25, 0.3) is 0 Å². The van der Waals surface area contributed by atoms with Crippen molar-refractivity contribution in [3.05, 3.63) is 22.3 Å². The summed E-state index contributed by atoms with van der Waals surface area (Å²) in [5.41, 5.74) is -2.25. The maximum Gasteiger partial charge on any atom is 0.455 e. The molecule has 0 atom stereocenters. The van der Waals surface area contributed by atoms with Gasteiger partial charge in [0.25, 0.3) is 5.78 Å². The van der Waals surface area contributed by atoms with E-state index < -0.39 is 58.7 Å². The summed E-state index contributed by atoms with van der Waals surface area (Å²) in [6.07, 6.45) is -14.4. The van der Waals surface area contributed by atoms with Gasteiger partial charge in [0.2, 0.25) is 5.88 Å². The van der Waals surface area contributed by atoms with E-state index in [1.807, 2.05) is 0 Å². The standard InChI is InChI=1S/C13H8F9N3O2S2/c1-25-9(27-4-11(14,15)16)5(7(24-25)12(17,18)19)3-28-10-23-2-6(29-10)8(26)13(20,21)22/h2H,3-4H2,1H3. The molecule has 0 aliphatic carbocycles.